The van der Waals surface area contributed by atoms with Crippen LogP contribution in [0, 0.1) is 0 Å². The van der Waals surface area contributed by atoms with Crippen LogP contribution in [-0.4, -0.2) is 26.8 Å². The van der Waals surface area contributed by atoms with E-state index >= 15 is 0 Å². The summed E-state index contributed by atoms with van der Waals surface area (Å²) in [6, 6.07) is 23.7. The van der Waals surface area contributed by atoms with Crippen molar-refractivity contribution in [3.8, 4) is 11.6 Å². The molecule has 0 amide bonds. The van der Waals surface area contributed by atoms with Crippen molar-refractivity contribution in [2.24, 2.45) is 0 Å². The molecule has 1 fully saturated rings. The van der Waals surface area contributed by atoms with Crippen LogP contribution in [0.1, 0.15) is 23.5 Å². The fraction of sp³-hybridized carbons (Fsp3) is 0.125. The molecule has 0 saturated carbocycles. The quantitative estimate of drug-likeness (QED) is 0.475. The second-order valence-electron chi connectivity index (χ2n) is 7.19. The summed E-state index contributed by atoms with van der Waals surface area (Å²) in [5.74, 6) is 1.63. The molecule has 4 aromatic rings. The zero-order valence-corrected chi connectivity index (χ0v) is 17.7. The molecule has 1 aliphatic rings. The van der Waals surface area contributed by atoms with Crippen LogP contribution in [0.4, 0.5) is 5.69 Å². The van der Waals surface area contributed by atoms with Gasteiger partial charge in [-0.3, -0.25) is 4.98 Å². The van der Waals surface area contributed by atoms with Crippen LogP contribution >= 0.6 is 12.2 Å². The van der Waals surface area contributed by atoms with E-state index in [2.05, 4.69) is 30.8 Å². The van der Waals surface area contributed by atoms with Crippen LogP contribution in [0.15, 0.2) is 91.4 Å². The van der Waals surface area contributed by atoms with E-state index in [0.29, 0.717) is 5.11 Å². The molecule has 5 rings (SSSR count). The summed E-state index contributed by atoms with van der Waals surface area (Å²) in [6.07, 6.45) is 5.63. The van der Waals surface area contributed by atoms with Crippen molar-refractivity contribution in [3.05, 3.63) is 103 Å². The van der Waals surface area contributed by atoms with Crippen LogP contribution in [0.25, 0.3) is 5.82 Å². The lowest BCUT2D eigenvalue weighted by atomic mass is 10.0. The van der Waals surface area contributed by atoms with Gasteiger partial charge in [0.15, 0.2) is 5.11 Å². The molecule has 1 N–H and O–H groups in total. The highest BCUT2D eigenvalue weighted by atomic mass is 32.1. The Labute approximate surface area is 186 Å². The van der Waals surface area contributed by atoms with Gasteiger partial charge in [-0.05, 0) is 60.7 Å². The van der Waals surface area contributed by atoms with Crippen LogP contribution in [0.2, 0.25) is 0 Å². The minimum Gasteiger partial charge on any atom is -0.497 e. The zero-order chi connectivity index (χ0) is 21.2. The molecule has 0 aliphatic carbocycles. The molecule has 154 valence electrons. The number of rotatable bonds is 5. The highest BCUT2D eigenvalue weighted by molar-refractivity contribution is 7.80. The second kappa shape index (κ2) is 8.20. The molecule has 1 saturated heterocycles. The van der Waals surface area contributed by atoms with Crippen LogP contribution < -0.4 is 15.0 Å². The maximum atomic E-state index is 5.81. The number of nitrogens with zero attached hydrogens (tertiary/aromatic N) is 4. The molecule has 31 heavy (non-hydrogen) atoms. The van der Waals surface area contributed by atoms with E-state index in [9.17, 15) is 0 Å². The Morgan fingerprint density at radius 1 is 0.935 bits per heavy atom. The molecule has 0 spiro atoms. The Hall–Kier alpha value is -3.71. The molecule has 0 unspecified atom stereocenters. The number of methoxy groups -OCH3 is 1. The lowest BCUT2D eigenvalue weighted by Gasteiger charge is -2.29. The maximum Gasteiger partial charge on any atom is 0.174 e. The number of thiocarbonyl (C=S) groups is 1. The van der Waals surface area contributed by atoms with Crippen molar-refractivity contribution >= 4 is 23.0 Å². The van der Waals surface area contributed by atoms with E-state index in [4.69, 9.17) is 17.0 Å². The summed E-state index contributed by atoms with van der Waals surface area (Å²) in [5.41, 5.74) is 2.94. The van der Waals surface area contributed by atoms with Crippen molar-refractivity contribution < 1.29 is 4.74 Å². The Kier molecular flexibility index (Phi) is 5.09. The van der Waals surface area contributed by atoms with E-state index in [1.54, 1.807) is 13.3 Å². The molecule has 1 aliphatic heterocycles. The number of ether oxygens (including phenoxy) is 1. The highest BCUT2D eigenvalue weighted by Gasteiger charge is 2.42. The molecule has 6 nitrogen and oxygen atoms in total. The van der Waals surface area contributed by atoms with Gasteiger partial charge in [-0.2, -0.15) is 0 Å². The third-order valence-electron chi connectivity index (χ3n) is 5.41. The standard InChI is InChI=1S/C24H21N5OS/c1-30-18-9-6-8-17(16-18)29-23(22(27-24(29)31)19-10-2-4-13-25-19)20-11-7-15-28(20)21-12-3-5-14-26-21/h2-16,22-23H,1H3,(H,27,31)/t22-,23+/m1/s1. The molecule has 1 aromatic carbocycles. The van der Waals surface area contributed by atoms with Gasteiger partial charge in [-0.1, -0.05) is 18.2 Å². The molecule has 0 radical (unpaired) electrons. The van der Waals surface area contributed by atoms with E-state index in [0.717, 1.165) is 28.6 Å². The Bertz CT molecular complexity index is 1190. The number of nitrogens with one attached hydrogen (secondary N) is 1. The van der Waals surface area contributed by atoms with Crippen LogP contribution in [-0.2, 0) is 0 Å². The minimum absolute atomic E-state index is 0.128. The molecule has 3 aromatic heterocycles. The number of anilines is 1. The normalized spacial score (nSPS) is 18.1. The van der Waals surface area contributed by atoms with Gasteiger partial charge in [0.2, 0.25) is 0 Å². The van der Waals surface area contributed by atoms with Gasteiger partial charge in [-0.15, -0.1) is 0 Å². The SMILES string of the molecule is COc1cccc(N2C(=S)N[C@H](c3ccccn3)[C@@H]2c2cccn2-c2ccccn2)c1. The van der Waals surface area contributed by atoms with Crippen molar-refractivity contribution in [2.75, 3.05) is 12.0 Å². The lowest BCUT2D eigenvalue weighted by molar-refractivity contribution is 0.414. The number of benzene rings is 1. The number of pyridine rings is 2. The number of hydrogen-bond donors (Lipinski definition) is 1. The minimum atomic E-state index is -0.133. The maximum absolute atomic E-state index is 5.81. The fourth-order valence-corrected chi connectivity index (χ4v) is 4.38. The Morgan fingerprint density at radius 2 is 1.77 bits per heavy atom. The van der Waals surface area contributed by atoms with Crippen molar-refractivity contribution in [1.82, 2.24) is 19.9 Å². The molecular weight excluding hydrogens is 406 g/mol. The third-order valence-corrected chi connectivity index (χ3v) is 5.72. The summed E-state index contributed by atoms with van der Waals surface area (Å²) in [7, 11) is 1.67. The van der Waals surface area contributed by atoms with E-state index in [1.165, 1.54) is 0 Å². The lowest BCUT2D eigenvalue weighted by Crippen LogP contribution is -2.30. The van der Waals surface area contributed by atoms with Gasteiger partial charge >= 0.3 is 0 Å². The first-order chi connectivity index (χ1) is 15.3. The predicted octanol–water partition coefficient (Wildman–Crippen LogP) is 4.45. The number of hydrogen-bond acceptors (Lipinski definition) is 4. The van der Waals surface area contributed by atoms with Crippen LogP contribution in [0.5, 0.6) is 5.75 Å². The smallest absolute Gasteiger partial charge is 0.174 e. The average molecular weight is 428 g/mol. The predicted molar refractivity (Wildman–Crippen MR) is 124 cm³/mol. The van der Waals surface area contributed by atoms with Crippen molar-refractivity contribution in [2.45, 2.75) is 12.1 Å². The topological polar surface area (TPSA) is 55.2 Å². The van der Waals surface area contributed by atoms with Crippen LogP contribution in [0.3, 0.4) is 0 Å². The van der Waals surface area contributed by atoms with Gasteiger partial charge in [0.05, 0.1) is 18.8 Å². The summed E-state index contributed by atoms with van der Waals surface area (Å²) in [6.45, 7) is 0. The Balaban J connectivity index is 1.67. The first-order valence-corrected chi connectivity index (χ1v) is 10.4. The van der Waals surface area contributed by atoms with Crippen molar-refractivity contribution in [3.63, 3.8) is 0 Å². The van der Waals surface area contributed by atoms with E-state index in [1.807, 2.05) is 79.1 Å². The molecule has 7 heteroatoms. The first kappa shape index (κ1) is 19.3. The largest absolute Gasteiger partial charge is 0.497 e. The fourth-order valence-electron chi connectivity index (χ4n) is 4.03. The molecule has 0 bridgehead atoms. The summed E-state index contributed by atoms with van der Waals surface area (Å²) < 4.78 is 7.56. The molecule has 4 heterocycles. The van der Waals surface area contributed by atoms with Gasteiger partial charge in [-0.25, -0.2) is 4.98 Å². The summed E-state index contributed by atoms with van der Waals surface area (Å²) >= 11 is 5.81. The zero-order valence-electron chi connectivity index (χ0n) is 16.9. The monoisotopic (exact) mass is 427 g/mol. The molecule has 2 atom stereocenters. The second-order valence-corrected chi connectivity index (χ2v) is 7.58. The van der Waals surface area contributed by atoms with Gasteiger partial charge in [0.25, 0.3) is 0 Å². The van der Waals surface area contributed by atoms with E-state index in [-0.39, 0.29) is 12.1 Å². The average Bonchev–Trinajstić information content (AvgIpc) is 3.44. The first-order valence-electron chi connectivity index (χ1n) is 9.99. The Morgan fingerprint density at radius 3 is 2.52 bits per heavy atom. The van der Waals surface area contributed by atoms with Gasteiger partial charge in [0, 0.05) is 36.0 Å². The van der Waals surface area contributed by atoms with Gasteiger partial charge in [0.1, 0.15) is 17.6 Å². The van der Waals surface area contributed by atoms with Gasteiger partial charge < -0.3 is 19.5 Å². The summed E-state index contributed by atoms with van der Waals surface area (Å²) in [5, 5.41) is 4.13. The van der Waals surface area contributed by atoms with E-state index < -0.39 is 0 Å². The molecular formula is C24H21N5OS. The summed E-state index contributed by atoms with van der Waals surface area (Å²) in [4.78, 5) is 11.3. The highest BCUT2D eigenvalue weighted by Crippen LogP contribution is 2.42. The third kappa shape index (κ3) is 3.53. The number of aromatic nitrogens is 3. The van der Waals surface area contributed by atoms with Crippen molar-refractivity contribution in [1.29, 1.82) is 0 Å².